The van der Waals surface area contributed by atoms with Crippen LogP contribution in [0.15, 0.2) is 30.3 Å². The lowest BCUT2D eigenvalue weighted by molar-refractivity contribution is -0.117. The van der Waals surface area contributed by atoms with Crippen LogP contribution in [0.3, 0.4) is 0 Å². The van der Waals surface area contributed by atoms with Gasteiger partial charge >= 0.3 is 0 Å². The largest absolute Gasteiger partial charge is 0.366 e. The maximum atomic E-state index is 11.7. The first-order valence-corrected chi connectivity index (χ1v) is 6.15. The Morgan fingerprint density at radius 1 is 1.26 bits per heavy atom. The molecule has 3 N–H and O–H groups in total. The Kier molecular flexibility index (Phi) is 2.67. The summed E-state index contributed by atoms with van der Waals surface area (Å²) in [4.78, 5) is 27.5. The Bertz CT molecular complexity index is 677. The lowest BCUT2D eigenvalue weighted by Crippen LogP contribution is -2.17. The molecule has 1 heterocycles. The molecule has 5 nitrogen and oxygen atoms in total. The topological polar surface area (TPSA) is 85.1 Å². The van der Waals surface area contributed by atoms with Gasteiger partial charge in [-0.2, -0.15) is 0 Å². The molecule has 5 heteroatoms. The van der Waals surface area contributed by atoms with Crippen LogP contribution in [-0.4, -0.2) is 16.8 Å². The van der Waals surface area contributed by atoms with Gasteiger partial charge in [-0.15, -0.1) is 0 Å². The van der Waals surface area contributed by atoms with E-state index in [-0.39, 0.29) is 11.8 Å². The van der Waals surface area contributed by atoms with E-state index >= 15 is 0 Å². The number of fused-ring (bicyclic) bond motifs is 1. The zero-order valence-electron chi connectivity index (χ0n) is 10.2. The first-order valence-electron chi connectivity index (χ1n) is 6.15. The van der Waals surface area contributed by atoms with Crippen LogP contribution in [0.4, 0.5) is 5.82 Å². The Morgan fingerprint density at radius 3 is 2.68 bits per heavy atom. The average molecular weight is 255 g/mol. The smallest absolute Gasteiger partial charge is 0.249 e. The van der Waals surface area contributed by atoms with Crippen LogP contribution in [0.5, 0.6) is 0 Å². The van der Waals surface area contributed by atoms with Crippen molar-refractivity contribution >= 4 is 28.5 Å². The van der Waals surface area contributed by atoms with Crippen LogP contribution < -0.4 is 11.1 Å². The molecule has 1 aliphatic carbocycles. The number of carbonyl (C=O) groups is 2. The summed E-state index contributed by atoms with van der Waals surface area (Å²) in [5.41, 5.74) is 6.39. The van der Waals surface area contributed by atoms with Gasteiger partial charge in [0.15, 0.2) is 0 Å². The summed E-state index contributed by atoms with van der Waals surface area (Å²) in [6, 6.07) is 8.75. The average Bonchev–Trinajstić information content (AvgIpc) is 3.21. The number of amides is 2. The normalized spacial score (nSPS) is 14.3. The molecule has 1 saturated carbocycles. The van der Waals surface area contributed by atoms with Crippen LogP contribution in [0, 0.1) is 5.92 Å². The number of nitrogens with zero attached hydrogens (tertiary/aromatic N) is 1. The molecular formula is C14H13N3O2. The highest BCUT2D eigenvalue weighted by Gasteiger charge is 2.30. The summed E-state index contributed by atoms with van der Waals surface area (Å²) >= 11 is 0. The molecule has 0 aliphatic heterocycles. The third-order valence-electron chi connectivity index (χ3n) is 3.18. The lowest BCUT2D eigenvalue weighted by atomic mass is 10.1. The van der Waals surface area contributed by atoms with Gasteiger partial charge in [0.25, 0.3) is 0 Å². The van der Waals surface area contributed by atoms with E-state index in [0.717, 1.165) is 12.8 Å². The molecule has 3 rings (SSSR count). The minimum atomic E-state index is -0.527. The van der Waals surface area contributed by atoms with Crippen molar-refractivity contribution in [2.24, 2.45) is 11.7 Å². The van der Waals surface area contributed by atoms with Gasteiger partial charge in [-0.05, 0) is 25.0 Å². The molecular weight excluding hydrogens is 242 g/mol. The van der Waals surface area contributed by atoms with Gasteiger partial charge in [0.1, 0.15) is 5.82 Å². The van der Waals surface area contributed by atoms with Gasteiger partial charge < -0.3 is 11.1 Å². The molecule has 0 radical (unpaired) electrons. The first kappa shape index (κ1) is 11.6. The molecule has 2 aromatic rings. The third kappa shape index (κ3) is 2.27. The predicted octanol–water partition coefficient (Wildman–Crippen LogP) is 1.68. The molecule has 0 saturated heterocycles. The van der Waals surface area contributed by atoms with Gasteiger partial charge in [0.05, 0.1) is 11.1 Å². The molecule has 0 bridgehead atoms. The Labute approximate surface area is 109 Å². The second-order valence-electron chi connectivity index (χ2n) is 4.70. The van der Waals surface area contributed by atoms with Gasteiger partial charge in [-0.3, -0.25) is 9.59 Å². The fraction of sp³-hybridized carbons (Fsp3) is 0.214. The standard InChI is InChI=1S/C14H13N3O2/c15-13(18)10-7-12(17-14(19)8-5-6-8)16-11-4-2-1-3-9(10)11/h1-4,7-8H,5-6H2,(H2,15,18)(H,16,17,19). The van der Waals surface area contributed by atoms with Crippen molar-refractivity contribution in [3.63, 3.8) is 0 Å². The number of aromatic nitrogens is 1. The summed E-state index contributed by atoms with van der Waals surface area (Å²) in [6.07, 6.45) is 1.84. The second kappa shape index (κ2) is 4.35. The molecule has 2 amide bonds. The highest BCUT2D eigenvalue weighted by Crippen LogP contribution is 2.30. The number of benzene rings is 1. The summed E-state index contributed by atoms with van der Waals surface area (Å²) in [7, 11) is 0. The minimum Gasteiger partial charge on any atom is -0.366 e. The number of nitrogens with one attached hydrogen (secondary N) is 1. The van der Waals surface area contributed by atoms with Crippen molar-refractivity contribution in [2.45, 2.75) is 12.8 Å². The third-order valence-corrected chi connectivity index (χ3v) is 3.18. The molecule has 0 atom stereocenters. The van der Waals surface area contributed by atoms with Crippen LogP contribution in [-0.2, 0) is 4.79 Å². The van der Waals surface area contributed by atoms with Gasteiger partial charge in [-0.1, -0.05) is 18.2 Å². The zero-order chi connectivity index (χ0) is 13.4. The summed E-state index contributed by atoms with van der Waals surface area (Å²) in [6.45, 7) is 0. The number of rotatable bonds is 3. The quantitative estimate of drug-likeness (QED) is 0.875. The highest BCUT2D eigenvalue weighted by molar-refractivity contribution is 6.07. The molecule has 0 unspecified atom stereocenters. The fourth-order valence-corrected chi connectivity index (χ4v) is 2.02. The van der Waals surface area contributed by atoms with Crippen LogP contribution >= 0.6 is 0 Å². The predicted molar refractivity (Wildman–Crippen MR) is 71.6 cm³/mol. The van der Waals surface area contributed by atoms with Gasteiger partial charge in [-0.25, -0.2) is 4.98 Å². The second-order valence-corrected chi connectivity index (χ2v) is 4.70. The molecule has 0 spiro atoms. The molecule has 1 aromatic carbocycles. The van der Waals surface area contributed by atoms with Crippen molar-refractivity contribution in [3.05, 3.63) is 35.9 Å². The SMILES string of the molecule is NC(=O)c1cc(NC(=O)C2CC2)nc2ccccc12. The summed E-state index contributed by atoms with van der Waals surface area (Å²) in [5.74, 6) is -0.103. The van der Waals surface area contributed by atoms with Crippen molar-refractivity contribution in [3.8, 4) is 0 Å². The van der Waals surface area contributed by atoms with E-state index in [1.807, 2.05) is 12.1 Å². The van der Waals surface area contributed by atoms with Gasteiger partial charge in [0, 0.05) is 11.3 Å². The number of nitrogens with two attached hydrogens (primary N) is 1. The molecule has 1 aromatic heterocycles. The summed E-state index contributed by atoms with van der Waals surface area (Å²) in [5, 5.41) is 3.43. The van der Waals surface area contributed by atoms with Crippen molar-refractivity contribution in [2.75, 3.05) is 5.32 Å². The van der Waals surface area contributed by atoms with Crippen LogP contribution in [0.1, 0.15) is 23.2 Å². The molecule has 1 fully saturated rings. The molecule has 1 aliphatic rings. The maximum Gasteiger partial charge on any atom is 0.249 e. The number of hydrogen-bond donors (Lipinski definition) is 2. The van der Waals surface area contributed by atoms with E-state index in [4.69, 9.17) is 5.73 Å². The van der Waals surface area contributed by atoms with Crippen molar-refractivity contribution < 1.29 is 9.59 Å². The minimum absolute atomic E-state index is 0.0433. The maximum absolute atomic E-state index is 11.7. The van der Waals surface area contributed by atoms with Crippen molar-refractivity contribution in [1.29, 1.82) is 0 Å². The lowest BCUT2D eigenvalue weighted by Gasteiger charge is -2.08. The first-order chi connectivity index (χ1) is 9.15. The van der Waals surface area contributed by atoms with E-state index < -0.39 is 5.91 Å². The monoisotopic (exact) mass is 255 g/mol. The number of pyridine rings is 1. The summed E-state index contributed by atoms with van der Waals surface area (Å²) < 4.78 is 0. The van der Waals surface area contributed by atoms with E-state index in [1.165, 1.54) is 6.07 Å². The van der Waals surface area contributed by atoms with E-state index in [0.29, 0.717) is 22.3 Å². The van der Waals surface area contributed by atoms with E-state index in [9.17, 15) is 9.59 Å². The van der Waals surface area contributed by atoms with Crippen molar-refractivity contribution in [1.82, 2.24) is 4.98 Å². The molecule has 19 heavy (non-hydrogen) atoms. The van der Waals surface area contributed by atoms with E-state index in [2.05, 4.69) is 10.3 Å². The number of anilines is 1. The van der Waals surface area contributed by atoms with Crippen LogP contribution in [0.2, 0.25) is 0 Å². The Hall–Kier alpha value is -2.43. The molecule has 96 valence electrons. The highest BCUT2D eigenvalue weighted by atomic mass is 16.2. The van der Waals surface area contributed by atoms with Crippen LogP contribution in [0.25, 0.3) is 10.9 Å². The number of hydrogen-bond acceptors (Lipinski definition) is 3. The number of carbonyl (C=O) groups excluding carboxylic acids is 2. The Morgan fingerprint density at radius 2 is 2.00 bits per heavy atom. The number of para-hydroxylation sites is 1. The fourth-order valence-electron chi connectivity index (χ4n) is 2.02. The Balaban J connectivity index is 2.05. The van der Waals surface area contributed by atoms with Gasteiger partial charge in [0.2, 0.25) is 11.8 Å². The van der Waals surface area contributed by atoms with E-state index in [1.54, 1.807) is 12.1 Å². The zero-order valence-corrected chi connectivity index (χ0v) is 10.2. The number of primary amides is 1.